The molecule has 0 unspecified atom stereocenters. The van der Waals surface area contributed by atoms with E-state index in [1.165, 1.54) is 12.1 Å². The zero-order chi connectivity index (χ0) is 18.5. The molecule has 26 heavy (non-hydrogen) atoms. The number of thiophene rings is 1. The third kappa shape index (κ3) is 4.30. The maximum Gasteiger partial charge on any atom is 0.225 e. The van der Waals surface area contributed by atoms with Gasteiger partial charge in [0.2, 0.25) is 11.8 Å². The topological polar surface area (TPSA) is 49.4 Å². The van der Waals surface area contributed by atoms with Gasteiger partial charge in [-0.05, 0) is 42.0 Å². The van der Waals surface area contributed by atoms with Gasteiger partial charge in [0.1, 0.15) is 5.82 Å². The van der Waals surface area contributed by atoms with Gasteiger partial charge in [0, 0.05) is 24.4 Å². The van der Waals surface area contributed by atoms with Crippen LogP contribution in [0.3, 0.4) is 0 Å². The largest absolute Gasteiger partial charge is 0.344 e. The summed E-state index contributed by atoms with van der Waals surface area (Å²) >= 11 is 1.55. The SMILES string of the molecule is CCC(=O)N1CCC[C@@H](C(=O)N[C@H](c2ccc(F)cc2)c2cccs2)C1. The molecule has 1 N–H and O–H groups in total. The maximum atomic E-state index is 13.3. The summed E-state index contributed by atoms with van der Waals surface area (Å²) in [5, 5.41) is 5.07. The zero-order valence-electron chi connectivity index (χ0n) is 14.8. The molecule has 0 radical (unpaired) electrons. The Labute approximate surface area is 157 Å². The molecule has 4 nitrogen and oxygen atoms in total. The summed E-state index contributed by atoms with van der Waals surface area (Å²) in [5.41, 5.74) is 0.847. The number of halogens is 1. The van der Waals surface area contributed by atoms with Crippen LogP contribution in [0.1, 0.15) is 42.7 Å². The Morgan fingerprint density at radius 2 is 2.08 bits per heavy atom. The average Bonchev–Trinajstić information content (AvgIpc) is 3.20. The molecular formula is C20H23FN2O2S. The maximum absolute atomic E-state index is 13.3. The third-order valence-electron chi connectivity index (χ3n) is 4.76. The minimum atomic E-state index is -0.305. The predicted molar refractivity (Wildman–Crippen MR) is 100 cm³/mol. The minimum Gasteiger partial charge on any atom is -0.344 e. The summed E-state index contributed by atoms with van der Waals surface area (Å²) in [7, 11) is 0. The van der Waals surface area contributed by atoms with E-state index in [0.29, 0.717) is 13.0 Å². The first-order valence-electron chi connectivity index (χ1n) is 8.95. The first-order valence-corrected chi connectivity index (χ1v) is 9.83. The summed E-state index contributed by atoms with van der Waals surface area (Å²) < 4.78 is 13.3. The van der Waals surface area contributed by atoms with Gasteiger partial charge in [0.05, 0.1) is 12.0 Å². The lowest BCUT2D eigenvalue weighted by Crippen LogP contribution is -2.46. The van der Waals surface area contributed by atoms with Crippen LogP contribution in [0.15, 0.2) is 41.8 Å². The van der Waals surface area contributed by atoms with Crippen molar-refractivity contribution in [2.75, 3.05) is 13.1 Å². The number of hydrogen-bond donors (Lipinski definition) is 1. The Morgan fingerprint density at radius 1 is 1.31 bits per heavy atom. The second kappa shape index (κ2) is 8.45. The molecule has 1 saturated heterocycles. The van der Waals surface area contributed by atoms with Gasteiger partial charge < -0.3 is 10.2 Å². The van der Waals surface area contributed by atoms with Crippen LogP contribution in [0.2, 0.25) is 0 Å². The molecule has 1 aromatic carbocycles. The van der Waals surface area contributed by atoms with Crippen molar-refractivity contribution in [1.29, 1.82) is 0 Å². The normalized spacial score (nSPS) is 18.4. The molecule has 1 fully saturated rings. The molecule has 0 aliphatic carbocycles. The van der Waals surface area contributed by atoms with E-state index in [2.05, 4.69) is 5.32 Å². The molecule has 0 bridgehead atoms. The Balaban J connectivity index is 1.75. The standard InChI is InChI=1S/C20H23FN2O2S/c1-2-18(24)23-11-3-5-15(13-23)20(25)22-19(17-6-4-12-26-17)14-7-9-16(21)10-8-14/h4,6-10,12,15,19H,2-3,5,11,13H2,1H3,(H,22,25)/t15-,19-/m1/s1. The molecule has 1 aliphatic rings. The van der Waals surface area contributed by atoms with Gasteiger partial charge in [0.25, 0.3) is 0 Å². The van der Waals surface area contributed by atoms with Crippen LogP contribution < -0.4 is 5.32 Å². The van der Waals surface area contributed by atoms with Crippen molar-refractivity contribution >= 4 is 23.2 Å². The van der Waals surface area contributed by atoms with Crippen molar-refractivity contribution in [3.63, 3.8) is 0 Å². The number of carbonyl (C=O) groups is 2. The molecule has 6 heteroatoms. The van der Waals surface area contributed by atoms with Crippen molar-refractivity contribution in [2.45, 2.75) is 32.2 Å². The Bertz CT molecular complexity index is 746. The average molecular weight is 374 g/mol. The molecule has 3 rings (SSSR count). The lowest BCUT2D eigenvalue weighted by atomic mass is 9.95. The fraction of sp³-hybridized carbons (Fsp3) is 0.400. The van der Waals surface area contributed by atoms with E-state index in [1.807, 2.05) is 24.4 Å². The van der Waals surface area contributed by atoms with Crippen molar-refractivity contribution in [3.05, 3.63) is 58.0 Å². The van der Waals surface area contributed by atoms with Crippen LogP contribution in [0.5, 0.6) is 0 Å². The van der Waals surface area contributed by atoms with Crippen molar-refractivity contribution in [1.82, 2.24) is 10.2 Å². The van der Waals surface area contributed by atoms with Gasteiger partial charge in [-0.2, -0.15) is 0 Å². The number of amides is 2. The highest BCUT2D eigenvalue weighted by molar-refractivity contribution is 7.10. The molecular weight excluding hydrogens is 351 g/mol. The molecule has 0 saturated carbocycles. The first kappa shape index (κ1) is 18.6. The first-order chi connectivity index (χ1) is 12.6. The van der Waals surface area contributed by atoms with E-state index >= 15 is 0 Å². The minimum absolute atomic E-state index is 0.0543. The van der Waals surface area contributed by atoms with Gasteiger partial charge in [-0.15, -0.1) is 11.3 Å². The molecule has 2 aromatic rings. The van der Waals surface area contributed by atoms with E-state index < -0.39 is 0 Å². The van der Waals surface area contributed by atoms with Crippen molar-refractivity contribution < 1.29 is 14.0 Å². The lowest BCUT2D eigenvalue weighted by molar-refractivity contribution is -0.135. The number of rotatable bonds is 5. The van der Waals surface area contributed by atoms with Gasteiger partial charge in [0.15, 0.2) is 0 Å². The number of benzene rings is 1. The number of carbonyl (C=O) groups excluding carboxylic acids is 2. The highest BCUT2D eigenvalue weighted by Crippen LogP contribution is 2.27. The van der Waals surface area contributed by atoms with Crippen molar-refractivity contribution in [2.24, 2.45) is 5.92 Å². The Hall–Kier alpha value is -2.21. The lowest BCUT2D eigenvalue weighted by Gasteiger charge is -2.32. The van der Waals surface area contributed by atoms with Gasteiger partial charge in [-0.3, -0.25) is 9.59 Å². The second-order valence-corrected chi connectivity index (χ2v) is 7.52. The van der Waals surface area contributed by atoms with Gasteiger partial charge >= 0.3 is 0 Å². The van der Waals surface area contributed by atoms with Crippen LogP contribution in [0.25, 0.3) is 0 Å². The number of nitrogens with one attached hydrogen (secondary N) is 1. The molecule has 1 aliphatic heterocycles. The Kier molecular flexibility index (Phi) is 6.04. The van der Waals surface area contributed by atoms with E-state index in [-0.39, 0.29) is 29.6 Å². The number of hydrogen-bond acceptors (Lipinski definition) is 3. The predicted octanol–water partition coefficient (Wildman–Crippen LogP) is 3.74. The number of likely N-dealkylation sites (tertiary alicyclic amines) is 1. The van der Waals surface area contributed by atoms with Crippen LogP contribution in [0.4, 0.5) is 4.39 Å². The number of piperidine rings is 1. The molecule has 2 atom stereocenters. The van der Waals surface area contributed by atoms with Crippen LogP contribution in [-0.4, -0.2) is 29.8 Å². The number of nitrogens with zero attached hydrogens (tertiary/aromatic N) is 1. The molecule has 0 spiro atoms. The second-order valence-electron chi connectivity index (χ2n) is 6.54. The monoisotopic (exact) mass is 374 g/mol. The molecule has 2 amide bonds. The van der Waals surface area contributed by atoms with Crippen molar-refractivity contribution in [3.8, 4) is 0 Å². The van der Waals surface area contributed by atoms with Crippen LogP contribution >= 0.6 is 11.3 Å². The summed E-state index contributed by atoms with van der Waals surface area (Å²) in [6.45, 7) is 3.04. The smallest absolute Gasteiger partial charge is 0.225 e. The summed E-state index contributed by atoms with van der Waals surface area (Å²) in [6, 6.07) is 9.81. The zero-order valence-corrected chi connectivity index (χ0v) is 15.6. The fourth-order valence-corrected chi connectivity index (χ4v) is 4.13. The van der Waals surface area contributed by atoms with E-state index in [1.54, 1.807) is 28.4 Å². The van der Waals surface area contributed by atoms with Gasteiger partial charge in [-0.25, -0.2) is 4.39 Å². The van der Waals surface area contributed by atoms with Crippen LogP contribution in [-0.2, 0) is 9.59 Å². The van der Waals surface area contributed by atoms with E-state index in [0.717, 1.165) is 29.8 Å². The summed E-state index contributed by atoms with van der Waals surface area (Å²) in [5.74, 6) is -0.467. The van der Waals surface area contributed by atoms with E-state index in [9.17, 15) is 14.0 Å². The quantitative estimate of drug-likeness (QED) is 0.867. The van der Waals surface area contributed by atoms with Crippen LogP contribution in [0, 0.1) is 11.7 Å². The highest BCUT2D eigenvalue weighted by Gasteiger charge is 2.29. The third-order valence-corrected chi connectivity index (χ3v) is 5.70. The fourth-order valence-electron chi connectivity index (χ4n) is 3.33. The molecule has 138 valence electrons. The Morgan fingerprint density at radius 3 is 2.73 bits per heavy atom. The summed E-state index contributed by atoms with van der Waals surface area (Å²) in [6.07, 6.45) is 2.08. The molecule has 2 heterocycles. The van der Waals surface area contributed by atoms with E-state index in [4.69, 9.17) is 0 Å². The molecule has 1 aromatic heterocycles. The highest BCUT2D eigenvalue weighted by atomic mass is 32.1. The van der Waals surface area contributed by atoms with Gasteiger partial charge in [-0.1, -0.05) is 25.1 Å². The summed E-state index contributed by atoms with van der Waals surface area (Å²) in [4.78, 5) is 27.6.